The third-order valence-corrected chi connectivity index (χ3v) is 5.89. The predicted molar refractivity (Wildman–Crippen MR) is 80.8 cm³/mol. The number of rotatable bonds is 4. The van der Waals surface area contributed by atoms with Gasteiger partial charge in [-0.25, -0.2) is 12.7 Å². The molecule has 6 heteroatoms. The van der Waals surface area contributed by atoms with Crippen molar-refractivity contribution in [3.05, 3.63) is 0 Å². The van der Waals surface area contributed by atoms with Crippen LogP contribution in [0.2, 0.25) is 0 Å². The monoisotopic (exact) mass is 304 g/mol. The van der Waals surface area contributed by atoms with Crippen LogP contribution in [0.3, 0.4) is 0 Å². The van der Waals surface area contributed by atoms with E-state index in [1.54, 1.807) is 4.90 Å². The van der Waals surface area contributed by atoms with Crippen molar-refractivity contribution in [2.45, 2.75) is 46.1 Å². The van der Waals surface area contributed by atoms with Crippen LogP contribution in [0.25, 0.3) is 0 Å². The number of hydrogen-bond acceptors (Lipinski definition) is 3. The Morgan fingerprint density at radius 2 is 1.85 bits per heavy atom. The lowest BCUT2D eigenvalue weighted by Gasteiger charge is -2.33. The molecule has 1 amide bonds. The van der Waals surface area contributed by atoms with Gasteiger partial charge >= 0.3 is 0 Å². The van der Waals surface area contributed by atoms with E-state index in [-0.39, 0.29) is 11.9 Å². The van der Waals surface area contributed by atoms with Gasteiger partial charge in [-0.2, -0.15) is 0 Å². The fourth-order valence-corrected chi connectivity index (χ4v) is 3.39. The molecule has 0 aromatic rings. The third-order valence-electron chi connectivity index (χ3n) is 4.17. The summed E-state index contributed by atoms with van der Waals surface area (Å²) in [5.74, 6) is 0.273. The molecule has 1 aliphatic heterocycles. The number of nitrogens with zero attached hydrogens (tertiary/aromatic N) is 2. The lowest BCUT2D eigenvalue weighted by Crippen LogP contribution is -2.46. The minimum atomic E-state index is -3.48. The van der Waals surface area contributed by atoms with Crippen molar-refractivity contribution in [3.63, 3.8) is 0 Å². The first-order chi connectivity index (χ1) is 9.15. The predicted octanol–water partition coefficient (Wildman–Crippen LogP) is 1.55. The highest BCUT2D eigenvalue weighted by molar-refractivity contribution is 7.89. The lowest BCUT2D eigenvalue weighted by molar-refractivity contribution is -0.131. The van der Waals surface area contributed by atoms with Crippen LogP contribution in [0.15, 0.2) is 0 Å². The normalized spacial score (nSPS) is 25.1. The van der Waals surface area contributed by atoms with E-state index < -0.39 is 15.8 Å². The zero-order valence-corrected chi connectivity index (χ0v) is 14.1. The second kappa shape index (κ2) is 6.89. The van der Waals surface area contributed by atoms with E-state index >= 15 is 0 Å². The van der Waals surface area contributed by atoms with Gasteiger partial charge < -0.3 is 4.90 Å². The molecular weight excluding hydrogens is 276 g/mol. The van der Waals surface area contributed by atoms with Crippen molar-refractivity contribution in [2.24, 2.45) is 11.8 Å². The maximum Gasteiger partial charge on any atom is 0.239 e. The molecule has 2 unspecified atom stereocenters. The van der Waals surface area contributed by atoms with E-state index in [4.69, 9.17) is 0 Å². The number of amides is 1. The number of carbonyl (C=O) groups is 1. The van der Waals surface area contributed by atoms with Gasteiger partial charge in [0, 0.05) is 26.7 Å². The zero-order valence-electron chi connectivity index (χ0n) is 13.3. The first-order valence-electron chi connectivity index (χ1n) is 7.34. The highest BCUT2D eigenvalue weighted by atomic mass is 32.2. The first kappa shape index (κ1) is 17.4. The average molecular weight is 304 g/mol. The van der Waals surface area contributed by atoms with Gasteiger partial charge in [0.05, 0.1) is 0 Å². The molecule has 1 aliphatic rings. The van der Waals surface area contributed by atoms with Crippen molar-refractivity contribution < 1.29 is 13.2 Å². The molecule has 0 saturated carbocycles. The van der Waals surface area contributed by atoms with Gasteiger partial charge in [-0.05, 0) is 31.1 Å². The summed E-state index contributed by atoms with van der Waals surface area (Å²) in [6, 6.07) is 0.157. The van der Waals surface area contributed by atoms with Crippen molar-refractivity contribution in [1.82, 2.24) is 9.21 Å². The SMILES string of the molecule is CC1CCC(C(C)C)N(C(=O)CS(=O)(=O)N(C)C)CC1. The summed E-state index contributed by atoms with van der Waals surface area (Å²) in [6.07, 6.45) is 3.02. The Balaban J connectivity index is 2.86. The van der Waals surface area contributed by atoms with Gasteiger partial charge in [0.25, 0.3) is 0 Å². The van der Waals surface area contributed by atoms with Gasteiger partial charge in [-0.3, -0.25) is 4.79 Å². The number of carbonyl (C=O) groups excluding carboxylic acids is 1. The van der Waals surface area contributed by atoms with Gasteiger partial charge in [0.1, 0.15) is 5.75 Å². The molecule has 0 aromatic carbocycles. The maximum absolute atomic E-state index is 12.4. The van der Waals surface area contributed by atoms with Gasteiger partial charge in [-0.1, -0.05) is 20.8 Å². The molecule has 0 N–H and O–H groups in total. The molecule has 1 heterocycles. The number of likely N-dealkylation sites (tertiary alicyclic amines) is 1. The fourth-order valence-electron chi connectivity index (χ4n) is 2.65. The van der Waals surface area contributed by atoms with Crippen LogP contribution >= 0.6 is 0 Å². The van der Waals surface area contributed by atoms with Crippen LogP contribution in [0.5, 0.6) is 0 Å². The van der Waals surface area contributed by atoms with Crippen molar-refractivity contribution in [2.75, 3.05) is 26.4 Å². The second-order valence-corrected chi connectivity index (χ2v) is 8.59. The summed E-state index contributed by atoms with van der Waals surface area (Å²) in [6.45, 7) is 7.07. The zero-order chi connectivity index (χ0) is 15.5. The Morgan fingerprint density at radius 3 is 2.35 bits per heavy atom. The van der Waals surface area contributed by atoms with E-state index in [1.165, 1.54) is 14.1 Å². The highest BCUT2D eigenvalue weighted by Crippen LogP contribution is 2.26. The molecule has 2 atom stereocenters. The molecule has 1 rings (SSSR count). The van der Waals surface area contributed by atoms with E-state index in [0.717, 1.165) is 23.6 Å². The fraction of sp³-hybridized carbons (Fsp3) is 0.929. The lowest BCUT2D eigenvalue weighted by atomic mass is 9.95. The summed E-state index contributed by atoms with van der Waals surface area (Å²) in [5, 5.41) is 0. The average Bonchev–Trinajstić information content (AvgIpc) is 2.50. The van der Waals surface area contributed by atoms with Crippen molar-refractivity contribution in [3.8, 4) is 0 Å². The van der Waals surface area contributed by atoms with Gasteiger partial charge in [0.2, 0.25) is 15.9 Å². The molecule has 5 nitrogen and oxygen atoms in total. The molecule has 20 heavy (non-hydrogen) atoms. The quantitative estimate of drug-likeness (QED) is 0.792. The van der Waals surface area contributed by atoms with E-state index in [1.807, 2.05) is 0 Å². The van der Waals surface area contributed by atoms with Crippen LogP contribution in [-0.2, 0) is 14.8 Å². The van der Waals surface area contributed by atoms with E-state index in [2.05, 4.69) is 20.8 Å². The Bertz CT molecular complexity index is 432. The largest absolute Gasteiger partial charge is 0.339 e. The maximum atomic E-state index is 12.4. The highest BCUT2D eigenvalue weighted by Gasteiger charge is 2.32. The molecule has 0 radical (unpaired) electrons. The Labute approximate surface area is 123 Å². The number of hydrogen-bond donors (Lipinski definition) is 0. The Hall–Kier alpha value is -0.620. The van der Waals surface area contributed by atoms with Gasteiger partial charge in [0.15, 0.2) is 0 Å². The number of sulfonamides is 1. The molecule has 1 saturated heterocycles. The molecule has 0 aliphatic carbocycles. The molecular formula is C14H28N2O3S. The molecule has 0 aromatic heterocycles. The standard InChI is InChI=1S/C14H28N2O3S/c1-11(2)13-7-6-12(3)8-9-16(13)14(17)10-20(18,19)15(4)5/h11-13H,6-10H2,1-5H3. The third kappa shape index (κ3) is 4.45. The molecule has 0 bridgehead atoms. The second-order valence-electron chi connectivity index (χ2n) is 6.41. The van der Waals surface area contributed by atoms with Crippen LogP contribution in [-0.4, -0.2) is 56.0 Å². The van der Waals surface area contributed by atoms with E-state index in [0.29, 0.717) is 18.4 Å². The topological polar surface area (TPSA) is 57.7 Å². The van der Waals surface area contributed by atoms with Crippen LogP contribution < -0.4 is 0 Å². The van der Waals surface area contributed by atoms with Crippen LogP contribution in [0.4, 0.5) is 0 Å². The minimum absolute atomic E-state index is 0.157. The Kier molecular flexibility index (Phi) is 6.01. The Morgan fingerprint density at radius 1 is 1.25 bits per heavy atom. The van der Waals surface area contributed by atoms with Crippen molar-refractivity contribution >= 4 is 15.9 Å². The smallest absolute Gasteiger partial charge is 0.239 e. The molecule has 0 spiro atoms. The minimum Gasteiger partial charge on any atom is -0.339 e. The van der Waals surface area contributed by atoms with Crippen LogP contribution in [0.1, 0.15) is 40.0 Å². The summed E-state index contributed by atoms with van der Waals surface area (Å²) < 4.78 is 24.9. The van der Waals surface area contributed by atoms with Gasteiger partial charge in [-0.15, -0.1) is 0 Å². The summed E-state index contributed by atoms with van der Waals surface area (Å²) in [5.41, 5.74) is 0. The summed E-state index contributed by atoms with van der Waals surface area (Å²) >= 11 is 0. The molecule has 1 fully saturated rings. The molecule has 118 valence electrons. The first-order valence-corrected chi connectivity index (χ1v) is 8.95. The van der Waals surface area contributed by atoms with Crippen LogP contribution in [0, 0.1) is 11.8 Å². The van der Waals surface area contributed by atoms with Crippen molar-refractivity contribution in [1.29, 1.82) is 0 Å². The van der Waals surface area contributed by atoms with E-state index in [9.17, 15) is 13.2 Å². The summed E-state index contributed by atoms with van der Waals surface area (Å²) in [7, 11) is -0.549. The summed E-state index contributed by atoms with van der Waals surface area (Å²) in [4.78, 5) is 14.2.